The highest BCUT2D eigenvalue weighted by Gasteiger charge is 2.20. The second kappa shape index (κ2) is 5.92. The first-order chi connectivity index (χ1) is 13.1. The van der Waals surface area contributed by atoms with Crippen molar-refractivity contribution in [1.82, 2.24) is 0 Å². The quantitative estimate of drug-likeness (QED) is 0.577. The van der Waals surface area contributed by atoms with Crippen LogP contribution in [0.4, 0.5) is 5.69 Å². The van der Waals surface area contributed by atoms with E-state index in [-0.39, 0.29) is 4.90 Å². The van der Waals surface area contributed by atoms with Gasteiger partial charge in [0.15, 0.2) is 11.5 Å². The Labute approximate surface area is 155 Å². The number of benzene rings is 3. The fourth-order valence-electron chi connectivity index (χ4n) is 3.19. The molecule has 1 aromatic heterocycles. The van der Waals surface area contributed by atoms with Crippen LogP contribution in [-0.2, 0) is 10.0 Å². The number of furan rings is 1. The molecule has 1 aliphatic rings. The van der Waals surface area contributed by atoms with Crippen LogP contribution in [0.1, 0.15) is 0 Å². The molecule has 0 amide bonds. The maximum atomic E-state index is 12.8. The molecule has 0 saturated heterocycles. The summed E-state index contributed by atoms with van der Waals surface area (Å²) < 4.78 is 44.8. The van der Waals surface area contributed by atoms with E-state index in [1.165, 1.54) is 12.1 Å². The van der Waals surface area contributed by atoms with Crippen LogP contribution >= 0.6 is 0 Å². The van der Waals surface area contributed by atoms with Gasteiger partial charge in [-0.2, -0.15) is 0 Å². The van der Waals surface area contributed by atoms with E-state index in [1.807, 2.05) is 30.3 Å². The first-order valence-electron chi connectivity index (χ1n) is 8.44. The van der Waals surface area contributed by atoms with E-state index in [0.717, 1.165) is 16.4 Å². The summed E-state index contributed by atoms with van der Waals surface area (Å²) in [6.07, 6.45) is 0. The van der Waals surface area contributed by atoms with Gasteiger partial charge in [0.2, 0.25) is 0 Å². The number of ether oxygens (including phenoxy) is 2. The molecule has 1 aliphatic heterocycles. The number of nitrogens with one attached hydrogen (secondary N) is 1. The molecule has 2 heterocycles. The Bertz CT molecular complexity index is 1280. The van der Waals surface area contributed by atoms with Gasteiger partial charge in [-0.3, -0.25) is 4.72 Å². The van der Waals surface area contributed by atoms with Crippen LogP contribution in [0.25, 0.3) is 21.9 Å². The molecular weight excluding hydrogens is 366 g/mol. The first kappa shape index (κ1) is 16.0. The van der Waals surface area contributed by atoms with Gasteiger partial charge in [0.05, 0.1) is 10.6 Å². The molecule has 5 rings (SSSR count). The molecule has 0 saturated carbocycles. The highest BCUT2D eigenvalue weighted by atomic mass is 32.2. The van der Waals surface area contributed by atoms with E-state index in [4.69, 9.17) is 13.9 Å². The third kappa shape index (κ3) is 2.76. The zero-order valence-electron chi connectivity index (χ0n) is 14.1. The van der Waals surface area contributed by atoms with Crippen molar-refractivity contribution >= 4 is 37.6 Å². The van der Waals surface area contributed by atoms with Crippen molar-refractivity contribution in [3.05, 3.63) is 60.7 Å². The highest BCUT2D eigenvalue weighted by Crippen LogP contribution is 2.34. The Morgan fingerprint density at radius 1 is 0.778 bits per heavy atom. The minimum absolute atomic E-state index is 0.108. The molecule has 4 aromatic rings. The predicted octanol–water partition coefficient (Wildman–Crippen LogP) is 4.16. The lowest BCUT2D eigenvalue weighted by Crippen LogP contribution is -2.17. The zero-order valence-corrected chi connectivity index (χ0v) is 15.0. The second-order valence-electron chi connectivity index (χ2n) is 6.22. The number of para-hydroxylation sites is 1. The van der Waals surface area contributed by atoms with E-state index < -0.39 is 10.0 Å². The molecule has 0 atom stereocenters. The Morgan fingerprint density at radius 3 is 2.44 bits per heavy atom. The summed E-state index contributed by atoms with van der Waals surface area (Å²) in [4.78, 5) is 0.108. The van der Waals surface area contributed by atoms with E-state index in [1.54, 1.807) is 18.2 Å². The molecule has 27 heavy (non-hydrogen) atoms. The van der Waals surface area contributed by atoms with Gasteiger partial charge in [0.1, 0.15) is 24.4 Å². The van der Waals surface area contributed by atoms with Gasteiger partial charge >= 0.3 is 0 Å². The summed E-state index contributed by atoms with van der Waals surface area (Å²) in [6, 6.07) is 17.5. The van der Waals surface area contributed by atoms with Gasteiger partial charge < -0.3 is 13.9 Å². The minimum Gasteiger partial charge on any atom is -0.486 e. The topological polar surface area (TPSA) is 77.8 Å². The fourth-order valence-corrected chi connectivity index (χ4v) is 4.26. The number of rotatable bonds is 3. The van der Waals surface area contributed by atoms with Crippen LogP contribution in [0.15, 0.2) is 70.0 Å². The van der Waals surface area contributed by atoms with Crippen molar-refractivity contribution in [2.75, 3.05) is 17.9 Å². The molecule has 136 valence electrons. The van der Waals surface area contributed by atoms with E-state index in [2.05, 4.69) is 4.72 Å². The summed E-state index contributed by atoms with van der Waals surface area (Å²) in [5, 5.41) is 1.93. The van der Waals surface area contributed by atoms with E-state index in [9.17, 15) is 8.42 Å². The Balaban J connectivity index is 1.51. The number of fused-ring (bicyclic) bond motifs is 4. The highest BCUT2D eigenvalue weighted by molar-refractivity contribution is 7.92. The van der Waals surface area contributed by atoms with Gasteiger partial charge in [-0.15, -0.1) is 0 Å². The molecule has 0 aliphatic carbocycles. The van der Waals surface area contributed by atoms with Crippen molar-refractivity contribution < 1.29 is 22.3 Å². The number of hydrogen-bond donors (Lipinski definition) is 1. The lowest BCUT2D eigenvalue weighted by Gasteiger charge is -2.19. The molecule has 3 aromatic carbocycles. The molecule has 6 nitrogen and oxygen atoms in total. The Kier molecular flexibility index (Phi) is 3.51. The Hall–Kier alpha value is -3.19. The molecule has 7 heteroatoms. The van der Waals surface area contributed by atoms with Crippen LogP contribution in [0.5, 0.6) is 11.5 Å². The SMILES string of the molecule is O=S(=O)(Nc1ccc2c(c1)oc1ccccc12)c1ccc2c(c1)OCCO2. The number of anilines is 1. The normalized spacial score (nSPS) is 13.8. The number of sulfonamides is 1. The van der Waals surface area contributed by atoms with Crippen molar-refractivity contribution in [3.63, 3.8) is 0 Å². The van der Waals surface area contributed by atoms with Crippen LogP contribution < -0.4 is 14.2 Å². The molecule has 1 N–H and O–H groups in total. The van der Waals surface area contributed by atoms with Crippen molar-refractivity contribution in [3.8, 4) is 11.5 Å². The monoisotopic (exact) mass is 381 g/mol. The fraction of sp³-hybridized carbons (Fsp3) is 0.100. The zero-order chi connectivity index (χ0) is 18.4. The van der Waals surface area contributed by atoms with Crippen molar-refractivity contribution in [2.45, 2.75) is 4.90 Å². The van der Waals surface area contributed by atoms with Crippen molar-refractivity contribution in [2.24, 2.45) is 0 Å². The molecule has 0 bridgehead atoms. The van der Waals surface area contributed by atoms with Crippen LogP contribution in [-0.4, -0.2) is 21.6 Å². The second-order valence-corrected chi connectivity index (χ2v) is 7.90. The summed E-state index contributed by atoms with van der Waals surface area (Å²) in [5.41, 5.74) is 1.81. The van der Waals surface area contributed by atoms with Crippen molar-refractivity contribution in [1.29, 1.82) is 0 Å². The summed E-state index contributed by atoms with van der Waals surface area (Å²) in [5.74, 6) is 0.973. The van der Waals surface area contributed by atoms with Gasteiger partial charge in [-0.05, 0) is 30.3 Å². The average molecular weight is 381 g/mol. The smallest absolute Gasteiger partial charge is 0.262 e. The minimum atomic E-state index is -3.77. The van der Waals surface area contributed by atoms with E-state index in [0.29, 0.717) is 36.0 Å². The largest absolute Gasteiger partial charge is 0.486 e. The van der Waals surface area contributed by atoms with Gasteiger partial charge in [0, 0.05) is 22.9 Å². The number of hydrogen-bond acceptors (Lipinski definition) is 5. The van der Waals surface area contributed by atoms with Gasteiger partial charge in [-0.25, -0.2) is 8.42 Å². The summed E-state index contributed by atoms with van der Waals surface area (Å²) in [7, 11) is -3.77. The summed E-state index contributed by atoms with van der Waals surface area (Å²) >= 11 is 0. The van der Waals surface area contributed by atoms with Crippen LogP contribution in [0, 0.1) is 0 Å². The van der Waals surface area contributed by atoms with Gasteiger partial charge in [0.25, 0.3) is 10.0 Å². The Morgan fingerprint density at radius 2 is 1.56 bits per heavy atom. The van der Waals surface area contributed by atoms with Gasteiger partial charge in [-0.1, -0.05) is 18.2 Å². The maximum absolute atomic E-state index is 12.8. The lowest BCUT2D eigenvalue weighted by atomic mass is 10.1. The van der Waals surface area contributed by atoms with Crippen LogP contribution in [0.2, 0.25) is 0 Å². The van der Waals surface area contributed by atoms with E-state index >= 15 is 0 Å². The molecule has 0 unspecified atom stereocenters. The molecular formula is C20H15NO5S. The predicted molar refractivity (Wildman–Crippen MR) is 102 cm³/mol. The third-order valence-corrected chi connectivity index (χ3v) is 5.83. The van der Waals surface area contributed by atoms with Crippen LogP contribution in [0.3, 0.4) is 0 Å². The standard InChI is InChI=1S/C20H15NO5S/c22-27(23,14-6-8-18-20(12-14)25-10-9-24-18)21-13-5-7-16-15-3-1-2-4-17(15)26-19(16)11-13/h1-8,11-12,21H,9-10H2. The first-order valence-corrected chi connectivity index (χ1v) is 9.92. The molecule has 0 radical (unpaired) electrons. The third-order valence-electron chi connectivity index (χ3n) is 4.45. The lowest BCUT2D eigenvalue weighted by molar-refractivity contribution is 0.171. The maximum Gasteiger partial charge on any atom is 0.262 e. The summed E-state index contributed by atoms with van der Waals surface area (Å²) in [6.45, 7) is 0.849. The molecule has 0 fully saturated rings. The molecule has 0 spiro atoms. The average Bonchev–Trinajstić information content (AvgIpc) is 3.05.